The lowest BCUT2D eigenvalue weighted by molar-refractivity contribution is -0.0288. The van der Waals surface area contributed by atoms with E-state index >= 15 is 0 Å². The Morgan fingerprint density at radius 3 is 2.70 bits per heavy atom. The van der Waals surface area contributed by atoms with E-state index in [0.29, 0.717) is 50.5 Å². The number of carbonyl (C=O) groups excluding carboxylic acids is 2. The highest BCUT2D eigenvalue weighted by atomic mass is 16.6. The highest BCUT2D eigenvalue weighted by Gasteiger charge is 2.34. The lowest BCUT2D eigenvalue weighted by Gasteiger charge is -2.40. The fourth-order valence-corrected chi connectivity index (χ4v) is 6.53. The molecule has 0 amide bonds. The Morgan fingerprint density at radius 1 is 1.11 bits per heavy atom. The standard InChI is InChI=1S/C35H43N5O7/c1-22-16-30(43-5)28(26-11-14-40(32(22)26)34(42)47-35(2,3)4)20-38-13-10-25-18-29(38)27-9-8-23(33(41)44-6)17-31(27)45-15-7-12-39-19-24(21-46-25)36-37-39/h8-9,11,14,16-17,19,25,29H,7,10,12-13,15,18,20-21H2,1-6H3/t25-,29-/m0/s1. The number of ether oxygens (including phenoxy) is 5. The molecular weight excluding hydrogens is 602 g/mol. The molecule has 1 fully saturated rings. The van der Waals surface area contributed by atoms with Gasteiger partial charge in [-0.3, -0.25) is 14.1 Å². The van der Waals surface area contributed by atoms with Crippen molar-refractivity contribution in [2.75, 3.05) is 27.4 Å². The van der Waals surface area contributed by atoms with Crippen molar-refractivity contribution in [3.63, 3.8) is 0 Å². The molecule has 47 heavy (non-hydrogen) atoms. The van der Waals surface area contributed by atoms with Crippen molar-refractivity contribution >= 4 is 23.0 Å². The van der Waals surface area contributed by atoms with E-state index in [1.807, 2.05) is 52.1 Å². The number of benzene rings is 2. The largest absolute Gasteiger partial charge is 0.496 e. The second-order valence-corrected chi connectivity index (χ2v) is 13.2. The summed E-state index contributed by atoms with van der Waals surface area (Å²) in [6.45, 7) is 10.3. The molecule has 4 heterocycles. The summed E-state index contributed by atoms with van der Waals surface area (Å²) in [7, 11) is 3.04. The van der Waals surface area contributed by atoms with Crippen molar-refractivity contribution in [3.05, 3.63) is 70.7 Å². The van der Waals surface area contributed by atoms with Crippen LogP contribution in [0.3, 0.4) is 0 Å². The van der Waals surface area contributed by atoms with Crippen molar-refractivity contribution in [2.24, 2.45) is 0 Å². The molecule has 2 aliphatic rings. The van der Waals surface area contributed by atoms with Gasteiger partial charge >= 0.3 is 12.1 Å². The van der Waals surface area contributed by atoms with Crippen molar-refractivity contribution in [3.8, 4) is 11.5 Å². The second-order valence-electron chi connectivity index (χ2n) is 13.2. The number of nitrogens with zero attached hydrogens (tertiary/aromatic N) is 5. The van der Waals surface area contributed by atoms with Crippen LogP contribution in [-0.2, 0) is 33.9 Å². The Labute approximate surface area is 274 Å². The fraction of sp³-hybridized carbons (Fsp3) is 0.486. The van der Waals surface area contributed by atoms with E-state index in [0.717, 1.165) is 52.0 Å². The van der Waals surface area contributed by atoms with E-state index in [1.165, 1.54) is 7.11 Å². The summed E-state index contributed by atoms with van der Waals surface area (Å²) in [6, 6.07) is 9.36. The molecule has 6 rings (SSSR count). The molecule has 0 radical (unpaired) electrons. The topological polar surface area (TPSA) is 119 Å². The Kier molecular flexibility index (Phi) is 9.25. The predicted molar refractivity (Wildman–Crippen MR) is 174 cm³/mol. The van der Waals surface area contributed by atoms with Crippen molar-refractivity contribution in [2.45, 2.75) is 84.4 Å². The summed E-state index contributed by atoms with van der Waals surface area (Å²) in [5.41, 5.74) is 4.23. The van der Waals surface area contributed by atoms with Crippen LogP contribution in [0.1, 0.15) is 78.8 Å². The molecule has 0 saturated carbocycles. The first-order valence-electron chi connectivity index (χ1n) is 16.0. The van der Waals surface area contributed by atoms with E-state index in [-0.39, 0.29) is 12.1 Å². The number of methoxy groups -OCH3 is 2. The Morgan fingerprint density at radius 2 is 1.94 bits per heavy atom. The summed E-state index contributed by atoms with van der Waals surface area (Å²) in [6.07, 6.45) is 5.42. The van der Waals surface area contributed by atoms with Gasteiger partial charge in [-0.05, 0) is 70.4 Å². The molecular formula is C35H43N5O7. The van der Waals surface area contributed by atoms with E-state index in [1.54, 1.807) is 34.7 Å². The summed E-state index contributed by atoms with van der Waals surface area (Å²) < 4.78 is 32.9. The van der Waals surface area contributed by atoms with Crippen LogP contribution in [0.5, 0.6) is 11.5 Å². The number of aromatic nitrogens is 4. The minimum atomic E-state index is -0.630. The van der Waals surface area contributed by atoms with Gasteiger partial charge in [0.05, 0.1) is 50.8 Å². The number of hydrogen-bond donors (Lipinski definition) is 0. The van der Waals surface area contributed by atoms with Crippen molar-refractivity contribution in [1.82, 2.24) is 24.5 Å². The first kappa shape index (κ1) is 32.5. The Bertz CT molecular complexity index is 1770. The van der Waals surface area contributed by atoms with Crippen LogP contribution in [0.2, 0.25) is 0 Å². The molecule has 2 aromatic heterocycles. The maximum Gasteiger partial charge on any atom is 0.419 e. The molecule has 1 saturated heterocycles. The predicted octanol–water partition coefficient (Wildman–Crippen LogP) is 5.82. The molecule has 250 valence electrons. The Balaban J connectivity index is 1.40. The lowest BCUT2D eigenvalue weighted by atomic mass is 9.90. The van der Waals surface area contributed by atoms with Gasteiger partial charge in [0.15, 0.2) is 0 Å². The lowest BCUT2D eigenvalue weighted by Crippen LogP contribution is -2.39. The molecule has 12 nitrogen and oxygen atoms in total. The molecule has 2 atom stereocenters. The zero-order valence-electron chi connectivity index (χ0n) is 27.9. The zero-order chi connectivity index (χ0) is 33.3. The van der Waals surface area contributed by atoms with Crippen LogP contribution in [0.25, 0.3) is 10.9 Å². The van der Waals surface area contributed by atoms with E-state index < -0.39 is 17.7 Å². The minimum absolute atomic E-state index is 0.0364. The summed E-state index contributed by atoms with van der Waals surface area (Å²) in [4.78, 5) is 28.1. The number of aryl methyl sites for hydroxylation is 2. The van der Waals surface area contributed by atoms with Crippen LogP contribution < -0.4 is 9.47 Å². The van der Waals surface area contributed by atoms with Gasteiger partial charge in [0, 0.05) is 54.8 Å². The van der Waals surface area contributed by atoms with Gasteiger partial charge in [0.1, 0.15) is 22.8 Å². The van der Waals surface area contributed by atoms with Crippen LogP contribution >= 0.6 is 0 Å². The summed E-state index contributed by atoms with van der Waals surface area (Å²) in [5.74, 6) is 0.961. The number of carbonyl (C=O) groups is 2. The van der Waals surface area contributed by atoms with Gasteiger partial charge in [0.25, 0.3) is 0 Å². The van der Waals surface area contributed by atoms with Crippen LogP contribution in [-0.4, -0.2) is 75.6 Å². The van der Waals surface area contributed by atoms with E-state index in [9.17, 15) is 9.59 Å². The average molecular weight is 646 g/mol. The maximum absolute atomic E-state index is 13.2. The van der Waals surface area contributed by atoms with Crippen LogP contribution in [0, 0.1) is 6.92 Å². The van der Waals surface area contributed by atoms with Gasteiger partial charge in [-0.15, -0.1) is 5.10 Å². The molecule has 4 bridgehead atoms. The number of rotatable bonds is 4. The van der Waals surface area contributed by atoms with Gasteiger partial charge in [-0.25, -0.2) is 9.59 Å². The molecule has 4 aromatic rings. The molecule has 2 aliphatic heterocycles. The van der Waals surface area contributed by atoms with Gasteiger partial charge < -0.3 is 23.7 Å². The van der Waals surface area contributed by atoms with E-state index in [2.05, 4.69) is 15.2 Å². The highest BCUT2D eigenvalue weighted by molar-refractivity contribution is 5.95. The third-order valence-corrected chi connectivity index (χ3v) is 8.70. The molecule has 0 N–H and O–H groups in total. The summed E-state index contributed by atoms with van der Waals surface area (Å²) >= 11 is 0. The molecule has 0 unspecified atom stereocenters. The number of piperidine rings is 1. The fourth-order valence-electron chi connectivity index (χ4n) is 6.53. The normalized spacial score (nSPS) is 18.9. The molecule has 12 heteroatoms. The number of likely N-dealkylation sites (tertiary alicyclic amines) is 1. The van der Waals surface area contributed by atoms with Gasteiger partial charge in [-0.1, -0.05) is 11.3 Å². The number of esters is 1. The first-order valence-corrected chi connectivity index (χ1v) is 16.0. The third kappa shape index (κ3) is 6.98. The quantitative estimate of drug-likeness (QED) is 0.251. The average Bonchev–Trinajstić information content (AvgIpc) is 3.70. The van der Waals surface area contributed by atoms with Gasteiger partial charge in [0.2, 0.25) is 0 Å². The molecule has 0 spiro atoms. The molecule has 0 aliphatic carbocycles. The number of fused-ring (bicyclic) bond motifs is 7. The van der Waals surface area contributed by atoms with Crippen molar-refractivity contribution < 1.29 is 33.3 Å². The zero-order valence-corrected chi connectivity index (χ0v) is 27.9. The van der Waals surface area contributed by atoms with Crippen molar-refractivity contribution in [1.29, 1.82) is 0 Å². The maximum atomic E-state index is 13.2. The second kappa shape index (κ2) is 13.4. The Hall–Kier alpha value is -4.42. The SMILES string of the molecule is COC(=O)c1ccc2c(c1)OCCCn1cc(nn1)CO[C@H]1CCN(Cc3c(OC)cc(C)c4c3ccn4C(=O)OC(C)(C)C)[C@H]2C1. The first-order chi connectivity index (χ1) is 22.5. The van der Waals surface area contributed by atoms with Gasteiger partial charge in [-0.2, -0.15) is 0 Å². The highest BCUT2D eigenvalue weighted by Crippen LogP contribution is 2.41. The monoisotopic (exact) mass is 645 g/mol. The van der Waals surface area contributed by atoms with Crippen LogP contribution in [0.15, 0.2) is 42.7 Å². The summed E-state index contributed by atoms with van der Waals surface area (Å²) in [5, 5.41) is 9.45. The minimum Gasteiger partial charge on any atom is -0.496 e. The van der Waals surface area contributed by atoms with E-state index in [4.69, 9.17) is 23.7 Å². The third-order valence-electron chi connectivity index (χ3n) is 8.70. The smallest absolute Gasteiger partial charge is 0.419 e. The molecule has 2 aromatic carbocycles. The number of hydrogen-bond acceptors (Lipinski definition) is 10. The van der Waals surface area contributed by atoms with Crippen LogP contribution in [0.4, 0.5) is 4.79 Å².